The molecule has 1 N–H and O–H groups in total. The van der Waals surface area contributed by atoms with E-state index in [2.05, 4.69) is 11.9 Å². The molecule has 1 unspecified atom stereocenters. The van der Waals surface area contributed by atoms with Gasteiger partial charge in [-0.1, -0.05) is 6.07 Å². The number of carbonyl (C=O) groups excluding carboxylic acids is 1. The lowest BCUT2D eigenvalue weighted by atomic mass is 9.98. The van der Waals surface area contributed by atoms with Crippen molar-refractivity contribution in [1.29, 1.82) is 0 Å². The number of carboxylic acid groups (broad SMARTS) is 1. The third kappa shape index (κ3) is 4.22. The molecule has 0 spiro atoms. The first kappa shape index (κ1) is 18.4. The molecule has 2 heterocycles. The topological polar surface area (TPSA) is 79.7 Å². The number of rotatable bonds is 5. The van der Waals surface area contributed by atoms with Crippen LogP contribution in [-0.2, 0) is 4.79 Å². The van der Waals surface area contributed by atoms with Crippen LogP contribution in [0.5, 0.6) is 5.75 Å². The molecule has 1 atom stereocenters. The van der Waals surface area contributed by atoms with Crippen molar-refractivity contribution < 1.29 is 19.4 Å². The molecule has 1 aliphatic rings. The minimum Gasteiger partial charge on any atom is -0.482 e. The minimum absolute atomic E-state index is 0.0551. The van der Waals surface area contributed by atoms with Crippen molar-refractivity contribution in [3.05, 3.63) is 45.4 Å². The Kier molecular flexibility index (Phi) is 5.56. The molecular formula is C19H22N2O4S. The van der Waals surface area contributed by atoms with Crippen molar-refractivity contribution in [3.8, 4) is 5.75 Å². The van der Waals surface area contributed by atoms with Crippen LogP contribution in [0.15, 0.2) is 24.3 Å². The van der Waals surface area contributed by atoms with Crippen LogP contribution in [0.25, 0.3) is 0 Å². The summed E-state index contributed by atoms with van der Waals surface area (Å²) >= 11 is 1.72. The predicted octanol–water partition coefficient (Wildman–Crippen LogP) is 3.24. The van der Waals surface area contributed by atoms with E-state index in [0.29, 0.717) is 17.9 Å². The van der Waals surface area contributed by atoms with Crippen LogP contribution < -0.4 is 4.74 Å². The Hall–Kier alpha value is -2.41. The van der Waals surface area contributed by atoms with Crippen LogP contribution in [0, 0.1) is 13.8 Å². The molecular weight excluding hydrogens is 352 g/mol. The fraction of sp³-hybridized carbons (Fsp3) is 0.421. The molecule has 1 saturated heterocycles. The van der Waals surface area contributed by atoms with Gasteiger partial charge in [-0.05, 0) is 44.9 Å². The number of hydrogen-bond donors (Lipinski definition) is 1. The number of amides is 1. The van der Waals surface area contributed by atoms with Crippen molar-refractivity contribution >= 4 is 23.2 Å². The summed E-state index contributed by atoms with van der Waals surface area (Å²) in [6.07, 6.45) is 1.99. The molecule has 7 heteroatoms. The molecule has 1 aromatic heterocycles. The van der Waals surface area contributed by atoms with E-state index >= 15 is 0 Å². The number of likely N-dealkylation sites (tertiary alicyclic amines) is 1. The van der Waals surface area contributed by atoms with E-state index in [-0.39, 0.29) is 11.8 Å². The number of ether oxygens (including phenoxy) is 1. The van der Waals surface area contributed by atoms with Crippen LogP contribution in [0.1, 0.15) is 44.7 Å². The zero-order valence-corrected chi connectivity index (χ0v) is 15.7. The zero-order chi connectivity index (χ0) is 18.7. The molecule has 0 aliphatic carbocycles. The van der Waals surface area contributed by atoms with Crippen LogP contribution in [0.2, 0.25) is 0 Å². The summed E-state index contributed by atoms with van der Waals surface area (Å²) in [4.78, 5) is 31.3. The number of aliphatic carboxylic acids is 1. The van der Waals surface area contributed by atoms with E-state index in [0.717, 1.165) is 30.1 Å². The van der Waals surface area contributed by atoms with Crippen molar-refractivity contribution in [1.82, 2.24) is 9.88 Å². The highest BCUT2D eigenvalue weighted by atomic mass is 32.1. The summed E-state index contributed by atoms with van der Waals surface area (Å²) in [6.45, 7) is 5.05. The standard InChI is InChI=1S/C19H22N2O4S/c1-12-13(2)26-18(20-12)15-6-4-8-21(10-15)19(24)14-5-3-7-16(9-14)25-11-17(22)23/h3,5,7,9,15H,4,6,8,10-11H2,1-2H3,(H,22,23). The predicted molar refractivity (Wildman–Crippen MR) is 99.0 cm³/mol. The minimum atomic E-state index is -1.05. The van der Waals surface area contributed by atoms with Gasteiger partial charge in [0.2, 0.25) is 0 Å². The fourth-order valence-corrected chi connectivity index (χ4v) is 4.13. The number of carbonyl (C=O) groups is 2. The van der Waals surface area contributed by atoms with E-state index in [4.69, 9.17) is 9.84 Å². The van der Waals surface area contributed by atoms with Crippen LogP contribution in [0.4, 0.5) is 0 Å². The highest BCUT2D eigenvalue weighted by Gasteiger charge is 2.27. The molecule has 2 aromatic rings. The van der Waals surface area contributed by atoms with Gasteiger partial charge >= 0.3 is 5.97 Å². The van der Waals surface area contributed by atoms with Crippen LogP contribution >= 0.6 is 11.3 Å². The lowest BCUT2D eigenvalue weighted by Crippen LogP contribution is -2.39. The monoisotopic (exact) mass is 374 g/mol. The summed E-state index contributed by atoms with van der Waals surface area (Å²) in [5.74, 6) is -0.440. The number of benzene rings is 1. The lowest BCUT2D eigenvalue weighted by molar-refractivity contribution is -0.139. The highest BCUT2D eigenvalue weighted by Crippen LogP contribution is 2.32. The lowest BCUT2D eigenvalue weighted by Gasteiger charge is -2.32. The Morgan fingerprint density at radius 1 is 1.38 bits per heavy atom. The maximum absolute atomic E-state index is 12.9. The normalized spacial score (nSPS) is 17.2. The van der Waals surface area contributed by atoms with Crippen LogP contribution in [0.3, 0.4) is 0 Å². The Labute approximate surface area is 156 Å². The summed E-state index contributed by atoms with van der Waals surface area (Å²) in [6, 6.07) is 6.70. The van der Waals surface area contributed by atoms with E-state index in [1.54, 1.807) is 35.6 Å². The molecule has 138 valence electrons. The van der Waals surface area contributed by atoms with Gasteiger partial charge in [0.15, 0.2) is 6.61 Å². The number of carboxylic acids is 1. The van der Waals surface area contributed by atoms with Crippen molar-refractivity contribution in [2.45, 2.75) is 32.6 Å². The molecule has 1 amide bonds. The zero-order valence-electron chi connectivity index (χ0n) is 14.9. The second-order valence-corrected chi connectivity index (χ2v) is 7.73. The first-order valence-electron chi connectivity index (χ1n) is 8.62. The molecule has 0 saturated carbocycles. The highest BCUT2D eigenvalue weighted by molar-refractivity contribution is 7.11. The Morgan fingerprint density at radius 3 is 2.88 bits per heavy atom. The maximum atomic E-state index is 12.9. The smallest absolute Gasteiger partial charge is 0.341 e. The molecule has 26 heavy (non-hydrogen) atoms. The molecule has 3 rings (SSSR count). The van der Waals surface area contributed by atoms with Gasteiger partial charge in [-0.3, -0.25) is 4.79 Å². The summed E-state index contributed by atoms with van der Waals surface area (Å²) in [5, 5.41) is 9.82. The number of piperidine rings is 1. The molecule has 1 fully saturated rings. The van der Waals surface area contributed by atoms with Gasteiger partial charge in [-0.2, -0.15) is 0 Å². The SMILES string of the molecule is Cc1nc(C2CCCN(C(=O)c3cccc(OCC(=O)O)c3)C2)sc1C. The van der Waals surface area contributed by atoms with Crippen molar-refractivity contribution in [2.75, 3.05) is 19.7 Å². The molecule has 6 nitrogen and oxygen atoms in total. The van der Waals surface area contributed by atoms with E-state index < -0.39 is 12.6 Å². The Balaban J connectivity index is 1.71. The van der Waals surface area contributed by atoms with Gasteiger partial charge in [0.05, 0.1) is 10.7 Å². The van der Waals surface area contributed by atoms with Gasteiger partial charge in [0.1, 0.15) is 5.75 Å². The van der Waals surface area contributed by atoms with E-state index in [1.165, 1.54) is 4.88 Å². The van der Waals surface area contributed by atoms with Gasteiger partial charge < -0.3 is 14.7 Å². The van der Waals surface area contributed by atoms with Crippen LogP contribution in [-0.4, -0.2) is 46.6 Å². The average molecular weight is 374 g/mol. The number of aromatic nitrogens is 1. The van der Waals surface area contributed by atoms with Gasteiger partial charge in [0, 0.05) is 29.4 Å². The quantitative estimate of drug-likeness (QED) is 0.869. The first-order chi connectivity index (χ1) is 12.4. The van der Waals surface area contributed by atoms with Gasteiger partial charge in [0.25, 0.3) is 5.91 Å². The third-order valence-electron chi connectivity index (χ3n) is 4.55. The van der Waals surface area contributed by atoms with Crippen molar-refractivity contribution in [2.24, 2.45) is 0 Å². The Morgan fingerprint density at radius 2 is 2.19 bits per heavy atom. The average Bonchev–Trinajstić information content (AvgIpc) is 2.98. The third-order valence-corrected chi connectivity index (χ3v) is 5.78. The number of hydrogen-bond acceptors (Lipinski definition) is 5. The molecule has 1 aromatic carbocycles. The molecule has 0 bridgehead atoms. The second-order valence-electron chi connectivity index (χ2n) is 6.49. The summed E-state index contributed by atoms with van der Waals surface area (Å²) in [5.41, 5.74) is 1.58. The Bertz CT molecular complexity index is 798. The first-order valence-corrected chi connectivity index (χ1v) is 9.43. The van der Waals surface area contributed by atoms with Gasteiger partial charge in [-0.15, -0.1) is 11.3 Å². The van der Waals surface area contributed by atoms with Crippen molar-refractivity contribution in [3.63, 3.8) is 0 Å². The molecule has 0 radical (unpaired) electrons. The maximum Gasteiger partial charge on any atom is 0.341 e. The second kappa shape index (κ2) is 7.86. The fourth-order valence-electron chi connectivity index (χ4n) is 3.08. The summed E-state index contributed by atoms with van der Waals surface area (Å²) < 4.78 is 5.17. The number of thiazole rings is 1. The summed E-state index contributed by atoms with van der Waals surface area (Å²) in [7, 11) is 0. The largest absolute Gasteiger partial charge is 0.482 e. The van der Waals surface area contributed by atoms with E-state index in [9.17, 15) is 9.59 Å². The number of aryl methyl sites for hydroxylation is 2. The number of nitrogens with zero attached hydrogens (tertiary/aromatic N) is 2. The van der Waals surface area contributed by atoms with Gasteiger partial charge in [-0.25, -0.2) is 9.78 Å². The molecule has 1 aliphatic heterocycles. The van der Waals surface area contributed by atoms with E-state index in [1.807, 2.05) is 11.8 Å².